The van der Waals surface area contributed by atoms with Crippen LogP contribution in [0.25, 0.3) is 0 Å². The highest BCUT2D eigenvalue weighted by molar-refractivity contribution is 5.71. The number of hydrogen-bond donors (Lipinski definition) is 1. The Morgan fingerprint density at radius 1 is 1.17 bits per heavy atom. The van der Waals surface area contributed by atoms with Gasteiger partial charge in [-0.3, -0.25) is 9.69 Å². The summed E-state index contributed by atoms with van der Waals surface area (Å²) in [5, 5.41) is 9.37. The summed E-state index contributed by atoms with van der Waals surface area (Å²) in [6.07, 6.45) is 5.46. The molecule has 1 aliphatic heterocycles. The molecular formula is C15H27NO2. The molecule has 0 amide bonds. The van der Waals surface area contributed by atoms with E-state index in [2.05, 4.69) is 25.7 Å². The van der Waals surface area contributed by atoms with Crippen LogP contribution in [0.15, 0.2) is 0 Å². The van der Waals surface area contributed by atoms with Gasteiger partial charge < -0.3 is 5.11 Å². The van der Waals surface area contributed by atoms with E-state index in [0.717, 1.165) is 32.4 Å². The van der Waals surface area contributed by atoms with Gasteiger partial charge in [0.15, 0.2) is 0 Å². The van der Waals surface area contributed by atoms with Crippen LogP contribution in [0.3, 0.4) is 0 Å². The van der Waals surface area contributed by atoms with Crippen LogP contribution in [0.4, 0.5) is 0 Å². The fourth-order valence-electron chi connectivity index (χ4n) is 3.63. The first-order chi connectivity index (χ1) is 8.39. The maximum absolute atomic E-state index is 11.4. The predicted molar refractivity (Wildman–Crippen MR) is 72.5 cm³/mol. The maximum Gasteiger partial charge on any atom is 0.308 e. The van der Waals surface area contributed by atoms with Crippen molar-refractivity contribution in [2.45, 2.75) is 58.9 Å². The van der Waals surface area contributed by atoms with Crippen molar-refractivity contribution in [2.24, 2.45) is 17.3 Å². The number of carboxylic acid groups (broad SMARTS) is 1. The van der Waals surface area contributed by atoms with Crippen LogP contribution in [0, 0.1) is 17.3 Å². The molecule has 0 spiro atoms. The summed E-state index contributed by atoms with van der Waals surface area (Å²) in [4.78, 5) is 13.8. The van der Waals surface area contributed by atoms with Gasteiger partial charge in [-0.15, -0.1) is 0 Å². The van der Waals surface area contributed by atoms with Gasteiger partial charge in [0.2, 0.25) is 0 Å². The van der Waals surface area contributed by atoms with Crippen molar-refractivity contribution in [3.8, 4) is 0 Å². The van der Waals surface area contributed by atoms with E-state index in [9.17, 15) is 9.90 Å². The molecule has 0 aromatic heterocycles. The second kappa shape index (κ2) is 5.20. The van der Waals surface area contributed by atoms with Gasteiger partial charge in [0.05, 0.1) is 5.92 Å². The summed E-state index contributed by atoms with van der Waals surface area (Å²) in [7, 11) is 0. The van der Waals surface area contributed by atoms with E-state index in [4.69, 9.17) is 0 Å². The van der Waals surface area contributed by atoms with Crippen LogP contribution in [0.1, 0.15) is 52.9 Å². The summed E-state index contributed by atoms with van der Waals surface area (Å²) < 4.78 is 0. The quantitative estimate of drug-likeness (QED) is 0.822. The third-order valence-corrected chi connectivity index (χ3v) is 4.96. The van der Waals surface area contributed by atoms with Crippen LogP contribution in [0.2, 0.25) is 0 Å². The molecule has 104 valence electrons. The average Bonchev–Trinajstić information content (AvgIpc) is 2.77. The molecule has 1 aliphatic carbocycles. The third-order valence-electron chi connectivity index (χ3n) is 4.96. The van der Waals surface area contributed by atoms with Crippen LogP contribution in [-0.4, -0.2) is 35.1 Å². The molecule has 3 heteroatoms. The van der Waals surface area contributed by atoms with Gasteiger partial charge in [-0.2, -0.15) is 0 Å². The molecule has 0 radical (unpaired) electrons. The first kappa shape index (κ1) is 13.9. The topological polar surface area (TPSA) is 40.5 Å². The molecule has 1 saturated carbocycles. The molecule has 1 heterocycles. The monoisotopic (exact) mass is 253 g/mol. The molecule has 2 rings (SSSR count). The third kappa shape index (κ3) is 2.87. The molecule has 3 nitrogen and oxygen atoms in total. The fourth-order valence-corrected chi connectivity index (χ4v) is 3.63. The lowest BCUT2D eigenvalue weighted by atomic mass is 9.80. The van der Waals surface area contributed by atoms with Crippen molar-refractivity contribution < 1.29 is 9.90 Å². The normalized spacial score (nSPS) is 34.7. The molecule has 0 aromatic rings. The Morgan fingerprint density at radius 2 is 1.83 bits per heavy atom. The van der Waals surface area contributed by atoms with E-state index in [-0.39, 0.29) is 5.92 Å². The number of likely N-dealkylation sites (tertiary alicyclic amines) is 1. The van der Waals surface area contributed by atoms with Crippen LogP contribution >= 0.6 is 0 Å². The average molecular weight is 253 g/mol. The number of carbonyl (C=O) groups is 1. The number of nitrogens with zero attached hydrogens (tertiary/aromatic N) is 1. The van der Waals surface area contributed by atoms with Crippen molar-refractivity contribution in [1.29, 1.82) is 0 Å². The van der Waals surface area contributed by atoms with E-state index >= 15 is 0 Å². The highest BCUT2D eigenvalue weighted by atomic mass is 16.4. The lowest BCUT2D eigenvalue weighted by Gasteiger charge is -2.36. The minimum Gasteiger partial charge on any atom is -0.481 e. The molecule has 1 N–H and O–H groups in total. The molecule has 0 aromatic carbocycles. The van der Waals surface area contributed by atoms with Gasteiger partial charge in [0.1, 0.15) is 0 Å². The van der Waals surface area contributed by atoms with E-state index in [1.165, 1.54) is 12.8 Å². The fraction of sp³-hybridized carbons (Fsp3) is 0.933. The molecule has 2 fully saturated rings. The largest absolute Gasteiger partial charge is 0.481 e. The van der Waals surface area contributed by atoms with E-state index in [1.807, 2.05) is 0 Å². The Kier molecular flexibility index (Phi) is 4.00. The van der Waals surface area contributed by atoms with Crippen molar-refractivity contribution in [3.05, 3.63) is 0 Å². The zero-order valence-corrected chi connectivity index (χ0v) is 12.0. The van der Waals surface area contributed by atoms with E-state index in [0.29, 0.717) is 17.4 Å². The zero-order chi connectivity index (χ0) is 13.3. The van der Waals surface area contributed by atoms with Gasteiger partial charge in [0, 0.05) is 12.6 Å². The summed E-state index contributed by atoms with van der Waals surface area (Å²) in [6, 6.07) is 0.295. The maximum atomic E-state index is 11.4. The standard InChI is InChI=1S/C15H27NO2/c1-15(2,3)11-8-9-16(10-11)13-7-5-4-6-12(13)14(17)18/h11-13H,4-10H2,1-3H3,(H,17,18). The Bertz CT molecular complexity index is 308. The number of rotatable bonds is 2. The Morgan fingerprint density at radius 3 is 2.39 bits per heavy atom. The van der Waals surface area contributed by atoms with Crippen molar-refractivity contribution in [3.63, 3.8) is 0 Å². The lowest BCUT2D eigenvalue weighted by molar-refractivity contribution is -0.145. The minimum absolute atomic E-state index is 0.127. The molecular weight excluding hydrogens is 226 g/mol. The van der Waals surface area contributed by atoms with Crippen molar-refractivity contribution >= 4 is 5.97 Å². The van der Waals surface area contributed by atoms with E-state index in [1.54, 1.807) is 0 Å². The molecule has 1 saturated heterocycles. The smallest absolute Gasteiger partial charge is 0.308 e. The first-order valence-corrected chi connectivity index (χ1v) is 7.36. The Balaban J connectivity index is 2.01. The van der Waals surface area contributed by atoms with E-state index < -0.39 is 5.97 Å². The second-order valence-corrected chi connectivity index (χ2v) is 7.14. The Hall–Kier alpha value is -0.570. The van der Waals surface area contributed by atoms with Gasteiger partial charge in [-0.25, -0.2) is 0 Å². The van der Waals surface area contributed by atoms with Gasteiger partial charge >= 0.3 is 5.97 Å². The van der Waals surface area contributed by atoms with Crippen LogP contribution < -0.4 is 0 Å². The summed E-state index contributed by atoms with van der Waals surface area (Å²) in [5.74, 6) is 0.00486. The lowest BCUT2D eigenvalue weighted by Crippen LogP contribution is -2.44. The zero-order valence-electron chi connectivity index (χ0n) is 12.0. The number of hydrogen-bond acceptors (Lipinski definition) is 2. The summed E-state index contributed by atoms with van der Waals surface area (Å²) in [5.41, 5.74) is 0.349. The number of aliphatic carboxylic acids is 1. The van der Waals surface area contributed by atoms with Crippen LogP contribution in [0.5, 0.6) is 0 Å². The predicted octanol–water partition coefficient (Wildman–Crippen LogP) is 3.00. The number of carboxylic acids is 1. The van der Waals surface area contributed by atoms with Crippen molar-refractivity contribution in [1.82, 2.24) is 4.90 Å². The van der Waals surface area contributed by atoms with Gasteiger partial charge in [0.25, 0.3) is 0 Å². The summed E-state index contributed by atoms with van der Waals surface area (Å²) >= 11 is 0. The van der Waals surface area contributed by atoms with Crippen LogP contribution in [-0.2, 0) is 4.79 Å². The highest BCUT2D eigenvalue weighted by Gasteiger charge is 2.40. The molecule has 2 aliphatic rings. The highest BCUT2D eigenvalue weighted by Crippen LogP contribution is 2.38. The Labute approximate surface area is 111 Å². The minimum atomic E-state index is -0.584. The molecule has 0 bridgehead atoms. The summed E-state index contributed by atoms with van der Waals surface area (Å²) in [6.45, 7) is 9.10. The SMILES string of the molecule is CC(C)(C)C1CCN(C2CCCCC2C(=O)O)C1. The van der Waals surface area contributed by atoms with Crippen molar-refractivity contribution in [2.75, 3.05) is 13.1 Å². The molecule has 18 heavy (non-hydrogen) atoms. The molecule has 3 unspecified atom stereocenters. The second-order valence-electron chi connectivity index (χ2n) is 7.14. The first-order valence-electron chi connectivity index (χ1n) is 7.36. The van der Waals surface area contributed by atoms with Gasteiger partial charge in [-0.1, -0.05) is 33.6 Å². The molecule has 3 atom stereocenters. The van der Waals surface area contributed by atoms with Gasteiger partial charge in [-0.05, 0) is 37.1 Å².